The molecule has 1 heterocycles. The van der Waals surface area contributed by atoms with Gasteiger partial charge in [-0.3, -0.25) is 9.69 Å². The summed E-state index contributed by atoms with van der Waals surface area (Å²) >= 11 is 0. The molecule has 0 radical (unpaired) electrons. The highest BCUT2D eigenvalue weighted by Gasteiger charge is 2.16. The van der Waals surface area contributed by atoms with Gasteiger partial charge in [-0.2, -0.15) is 0 Å². The Bertz CT molecular complexity index is 729. The number of hydrogen-bond donors (Lipinski definition) is 1. The van der Waals surface area contributed by atoms with Crippen LogP contribution in [-0.4, -0.2) is 23.9 Å². The summed E-state index contributed by atoms with van der Waals surface area (Å²) in [6.45, 7) is 6.13. The fraction of sp³-hybridized carbons (Fsp3) is 0.409. The first-order valence-corrected chi connectivity index (χ1v) is 9.40. The Morgan fingerprint density at radius 3 is 2.62 bits per heavy atom. The average molecular weight is 354 g/mol. The molecule has 2 aromatic carbocycles. The van der Waals surface area contributed by atoms with Crippen LogP contribution in [-0.2, 0) is 24.3 Å². The molecular weight excluding hydrogens is 327 g/mol. The van der Waals surface area contributed by atoms with Crippen molar-refractivity contribution in [3.8, 4) is 0 Å². The van der Waals surface area contributed by atoms with Crippen molar-refractivity contribution in [3.05, 3.63) is 71.0 Å². The molecule has 0 aliphatic carbocycles. The van der Waals surface area contributed by atoms with E-state index >= 15 is 0 Å². The van der Waals surface area contributed by atoms with Crippen LogP contribution >= 0.6 is 0 Å². The third-order valence-electron chi connectivity index (χ3n) is 4.97. The summed E-state index contributed by atoms with van der Waals surface area (Å²) in [6.07, 6.45) is 2.69. The molecule has 4 heteroatoms. The number of rotatable bonds is 6. The van der Waals surface area contributed by atoms with Gasteiger partial charge in [-0.15, -0.1) is 0 Å². The summed E-state index contributed by atoms with van der Waals surface area (Å²) in [5.41, 5.74) is 2.79. The van der Waals surface area contributed by atoms with E-state index in [0.29, 0.717) is 12.1 Å². The molecule has 1 atom stereocenters. The number of benzene rings is 2. The number of likely N-dealkylation sites (tertiary alicyclic amines) is 1. The van der Waals surface area contributed by atoms with Gasteiger partial charge in [0.1, 0.15) is 5.82 Å². The van der Waals surface area contributed by atoms with E-state index in [1.807, 2.05) is 0 Å². The lowest BCUT2D eigenvalue weighted by molar-refractivity contribution is -0.120. The zero-order valence-corrected chi connectivity index (χ0v) is 15.4. The smallest absolute Gasteiger partial charge is 0.224 e. The molecule has 0 spiro atoms. The SMILES string of the molecule is CC1CCCN(Cc2ccc(CNC(=O)Cc3ccccc3F)cc2)C1. The molecule has 1 N–H and O–H groups in total. The van der Waals surface area contributed by atoms with Gasteiger partial charge in [-0.25, -0.2) is 4.39 Å². The molecule has 3 rings (SSSR count). The van der Waals surface area contributed by atoms with Gasteiger partial charge in [0.15, 0.2) is 0 Å². The van der Waals surface area contributed by atoms with Crippen LogP contribution in [0.2, 0.25) is 0 Å². The van der Waals surface area contributed by atoms with Crippen LogP contribution in [0.25, 0.3) is 0 Å². The predicted octanol–water partition coefficient (Wildman–Crippen LogP) is 3.92. The van der Waals surface area contributed by atoms with E-state index in [2.05, 4.69) is 41.4 Å². The predicted molar refractivity (Wildman–Crippen MR) is 102 cm³/mol. The van der Waals surface area contributed by atoms with Crippen LogP contribution in [0.1, 0.15) is 36.5 Å². The van der Waals surface area contributed by atoms with Gasteiger partial charge >= 0.3 is 0 Å². The molecule has 0 bridgehead atoms. The average Bonchev–Trinajstić information content (AvgIpc) is 2.63. The van der Waals surface area contributed by atoms with Gasteiger partial charge in [-0.05, 0) is 48.1 Å². The Morgan fingerprint density at radius 1 is 1.15 bits per heavy atom. The number of nitrogens with zero attached hydrogens (tertiary/aromatic N) is 1. The van der Waals surface area contributed by atoms with Gasteiger partial charge in [0, 0.05) is 19.6 Å². The minimum Gasteiger partial charge on any atom is -0.352 e. The van der Waals surface area contributed by atoms with Crippen LogP contribution in [0.4, 0.5) is 4.39 Å². The van der Waals surface area contributed by atoms with E-state index in [1.54, 1.807) is 18.2 Å². The van der Waals surface area contributed by atoms with Crippen molar-refractivity contribution in [2.24, 2.45) is 5.92 Å². The Hall–Kier alpha value is -2.20. The van der Waals surface area contributed by atoms with E-state index in [0.717, 1.165) is 18.0 Å². The third-order valence-corrected chi connectivity index (χ3v) is 4.97. The second-order valence-corrected chi connectivity index (χ2v) is 7.34. The molecule has 26 heavy (non-hydrogen) atoms. The van der Waals surface area contributed by atoms with Gasteiger partial charge < -0.3 is 5.32 Å². The molecule has 138 valence electrons. The van der Waals surface area contributed by atoms with Gasteiger partial charge in [0.05, 0.1) is 6.42 Å². The Balaban J connectivity index is 1.46. The Kier molecular flexibility index (Phi) is 6.40. The number of piperidine rings is 1. The molecule has 1 aliphatic rings. The maximum absolute atomic E-state index is 13.6. The van der Waals surface area contributed by atoms with Gasteiger partial charge in [-0.1, -0.05) is 49.4 Å². The second-order valence-electron chi connectivity index (χ2n) is 7.34. The largest absolute Gasteiger partial charge is 0.352 e. The normalized spacial score (nSPS) is 17.8. The quantitative estimate of drug-likeness (QED) is 0.853. The minimum atomic E-state index is -0.334. The van der Waals surface area contributed by atoms with Crippen molar-refractivity contribution >= 4 is 5.91 Å². The summed E-state index contributed by atoms with van der Waals surface area (Å²) in [4.78, 5) is 14.5. The Labute approximate surface area is 155 Å². The number of carbonyl (C=O) groups is 1. The Morgan fingerprint density at radius 2 is 1.88 bits per heavy atom. The van der Waals surface area contributed by atoms with E-state index < -0.39 is 0 Å². The number of carbonyl (C=O) groups excluding carboxylic acids is 1. The number of amides is 1. The van der Waals surface area contributed by atoms with Crippen LogP contribution in [0, 0.1) is 11.7 Å². The fourth-order valence-corrected chi connectivity index (χ4v) is 3.53. The van der Waals surface area contributed by atoms with E-state index in [-0.39, 0.29) is 18.1 Å². The van der Waals surface area contributed by atoms with Crippen molar-refractivity contribution in [3.63, 3.8) is 0 Å². The van der Waals surface area contributed by atoms with Crippen molar-refractivity contribution in [1.29, 1.82) is 0 Å². The summed E-state index contributed by atoms with van der Waals surface area (Å²) in [7, 11) is 0. The maximum Gasteiger partial charge on any atom is 0.224 e. The molecule has 1 fully saturated rings. The first-order chi connectivity index (χ1) is 12.6. The lowest BCUT2D eigenvalue weighted by Gasteiger charge is -2.30. The van der Waals surface area contributed by atoms with E-state index in [9.17, 15) is 9.18 Å². The zero-order valence-electron chi connectivity index (χ0n) is 15.4. The molecule has 0 aromatic heterocycles. The lowest BCUT2D eigenvalue weighted by Crippen LogP contribution is -2.33. The molecule has 1 unspecified atom stereocenters. The van der Waals surface area contributed by atoms with Crippen molar-refractivity contribution < 1.29 is 9.18 Å². The molecule has 2 aromatic rings. The van der Waals surface area contributed by atoms with Crippen LogP contribution in [0.15, 0.2) is 48.5 Å². The third kappa shape index (κ3) is 5.40. The first-order valence-electron chi connectivity index (χ1n) is 9.40. The topological polar surface area (TPSA) is 32.3 Å². The van der Waals surface area contributed by atoms with Crippen molar-refractivity contribution in [2.75, 3.05) is 13.1 Å². The van der Waals surface area contributed by atoms with E-state index in [4.69, 9.17) is 0 Å². The number of halogens is 1. The molecule has 1 aliphatic heterocycles. The number of nitrogens with one attached hydrogen (secondary N) is 1. The second kappa shape index (κ2) is 8.95. The van der Waals surface area contributed by atoms with Crippen LogP contribution in [0.3, 0.4) is 0 Å². The first kappa shape index (κ1) is 18.6. The maximum atomic E-state index is 13.6. The minimum absolute atomic E-state index is 0.0674. The standard InChI is InChI=1S/C22H27FN2O/c1-17-5-4-12-25(15-17)16-19-10-8-18(9-11-19)14-24-22(26)13-20-6-2-3-7-21(20)23/h2-3,6-11,17H,4-5,12-16H2,1H3,(H,24,26). The molecule has 1 amide bonds. The fourth-order valence-electron chi connectivity index (χ4n) is 3.53. The number of hydrogen-bond acceptors (Lipinski definition) is 2. The lowest BCUT2D eigenvalue weighted by atomic mass is 9.99. The van der Waals surface area contributed by atoms with E-state index in [1.165, 1.54) is 37.6 Å². The highest BCUT2D eigenvalue weighted by molar-refractivity contribution is 5.78. The highest BCUT2D eigenvalue weighted by atomic mass is 19.1. The zero-order chi connectivity index (χ0) is 18.4. The van der Waals surface area contributed by atoms with Crippen LogP contribution in [0.5, 0.6) is 0 Å². The summed E-state index contributed by atoms with van der Waals surface area (Å²) < 4.78 is 13.6. The molecule has 0 saturated carbocycles. The molecule has 1 saturated heterocycles. The summed E-state index contributed by atoms with van der Waals surface area (Å²) in [5.74, 6) is 0.285. The van der Waals surface area contributed by atoms with Crippen LogP contribution < -0.4 is 5.32 Å². The summed E-state index contributed by atoms with van der Waals surface area (Å²) in [5, 5.41) is 2.87. The van der Waals surface area contributed by atoms with Crippen molar-refractivity contribution in [1.82, 2.24) is 10.2 Å². The monoisotopic (exact) mass is 354 g/mol. The van der Waals surface area contributed by atoms with Crippen molar-refractivity contribution in [2.45, 2.75) is 39.3 Å². The van der Waals surface area contributed by atoms with Gasteiger partial charge in [0.25, 0.3) is 0 Å². The summed E-state index contributed by atoms with van der Waals surface area (Å²) in [6, 6.07) is 14.8. The molecule has 3 nitrogen and oxygen atoms in total. The highest BCUT2D eigenvalue weighted by Crippen LogP contribution is 2.18. The molecular formula is C22H27FN2O. The van der Waals surface area contributed by atoms with Gasteiger partial charge in [0.2, 0.25) is 5.91 Å².